The van der Waals surface area contributed by atoms with Crippen LogP contribution in [0.1, 0.15) is 22.5 Å². The van der Waals surface area contributed by atoms with Crippen molar-refractivity contribution in [1.82, 2.24) is 24.5 Å². The highest BCUT2D eigenvalue weighted by molar-refractivity contribution is 5.83. The van der Waals surface area contributed by atoms with Crippen LogP contribution in [-0.4, -0.2) is 24.5 Å². The van der Waals surface area contributed by atoms with Crippen molar-refractivity contribution in [2.45, 2.75) is 20.0 Å². The lowest BCUT2D eigenvalue weighted by Crippen LogP contribution is -2.10. The van der Waals surface area contributed by atoms with Gasteiger partial charge in [-0.2, -0.15) is 10.2 Å². The fourth-order valence-electron chi connectivity index (χ4n) is 4.12. The Balaban J connectivity index is 1.49. The summed E-state index contributed by atoms with van der Waals surface area (Å²) in [5, 5.41) is 16.2. The molecule has 5 rings (SSSR count). The molecule has 0 amide bonds. The van der Waals surface area contributed by atoms with Crippen molar-refractivity contribution in [1.29, 1.82) is 5.26 Å². The van der Waals surface area contributed by atoms with E-state index in [9.17, 15) is 5.26 Å². The van der Waals surface area contributed by atoms with Gasteiger partial charge in [-0.15, -0.1) is 0 Å². The van der Waals surface area contributed by atoms with E-state index in [1.165, 1.54) is 5.56 Å². The van der Waals surface area contributed by atoms with Gasteiger partial charge in [0, 0.05) is 31.5 Å². The third-order valence-electron chi connectivity index (χ3n) is 5.98. The molecule has 0 radical (unpaired) electrons. The second-order valence-corrected chi connectivity index (χ2v) is 8.44. The lowest BCUT2D eigenvalue weighted by atomic mass is 10.0. The average Bonchev–Trinajstić information content (AvgIpc) is 3.25. The third-order valence-corrected chi connectivity index (χ3v) is 5.98. The van der Waals surface area contributed by atoms with Crippen molar-refractivity contribution >= 4 is 28.6 Å². The normalized spacial score (nSPS) is 10.8. The van der Waals surface area contributed by atoms with E-state index in [0.717, 1.165) is 33.7 Å². The van der Waals surface area contributed by atoms with Crippen LogP contribution in [0.4, 0.5) is 17.6 Å². The molecule has 0 unspecified atom stereocenters. The summed E-state index contributed by atoms with van der Waals surface area (Å²) in [5.41, 5.74) is 12.6. The number of anilines is 3. The van der Waals surface area contributed by atoms with E-state index in [1.54, 1.807) is 13.1 Å². The zero-order valence-corrected chi connectivity index (χ0v) is 20.0. The molecule has 0 aliphatic heterocycles. The Bertz CT molecular complexity index is 1580. The molecule has 0 spiro atoms. The summed E-state index contributed by atoms with van der Waals surface area (Å²) >= 11 is 0. The maximum atomic E-state index is 9.58. The molecule has 36 heavy (non-hydrogen) atoms. The molecule has 9 nitrogen and oxygen atoms in total. The zero-order chi connectivity index (χ0) is 25.1. The van der Waals surface area contributed by atoms with E-state index < -0.39 is 0 Å². The number of hydrogen-bond acceptors (Lipinski definition) is 8. The smallest absolute Gasteiger partial charge is 0.222 e. The molecular formula is C27H25N9. The summed E-state index contributed by atoms with van der Waals surface area (Å²) in [4.78, 5) is 17.8. The number of nitrogens with zero attached hydrogens (tertiary/aromatic N) is 6. The predicted molar refractivity (Wildman–Crippen MR) is 141 cm³/mol. The summed E-state index contributed by atoms with van der Waals surface area (Å²) in [6.45, 7) is 2.76. The number of aromatic nitrogens is 5. The minimum Gasteiger partial charge on any atom is -0.368 e. The molecule has 0 atom stereocenters. The van der Waals surface area contributed by atoms with Crippen LogP contribution in [0.5, 0.6) is 0 Å². The van der Waals surface area contributed by atoms with Crippen LogP contribution in [0.2, 0.25) is 0 Å². The lowest BCUT2D eigenvalue weighted by molar-refractivity contribution is 0.965. The van der Waals surface area contributed by atoms with Crippen molar-refractivity contribution < 1.29 is 0 Å². The van der Waals surface area contributed by atoms with Crippen LogP contribution in [0, 0.1) is 18.3 Å². The molecule has 9 heteroatoms. The minimum absolute atomic E-state index is 0.115. The fraction of sp³-hybridized carbons (Fsp3) is 0.148. The number of hydrogen-bond donors (Lipinski definition) is 3. The van der Waals surface area contributed by atoms with Gasteiger partial charge in [0.2, 0.25) is 5.95 Å². The molecule has 4 N–H and O–H groups in total. The largest absolute Gasteiger partial charge is 0.368 e. The van der Waals surface area contributed by atoms with Gasteiger partial charge >= 0.3 is 0 Å². The maximum absolute atomic E-state index is 9.58. The fourth-order valence-corrected chi connectivity index (χ4v) is 4.12. The molecule has 0 saturated heterocycles. The van der Waals surface area contributed by atoms with Gasteiger partial charge in [0.1, 0.15) is 23.3 Å². The van der Waals surface area contributed by atoms with Gasteiger partial charge in [0.15, 0.2) is 0 Å². The zero-order valence-electron chi connectivity index (χ0n) is 20.0. The van der Waals surface area contributed by atoms with Crippen LogP contribution in [0.3, 0.4) is 0 Å². The SMILES string of the molecule is Cc1nc(N)nc(NCc2nc3ccn(C)c3cc2-c2ccnc(NCc3ccccc3)c2)c1C#N. The summed E-state index contributed by atoms with van der Waals surface area (Å²) < 4.78 is 2.04. The molecule has 0 fully saturated rings. The van der Waals surface area contributed by atoms with Gasteiger partial charge in [-0.25, -0.2) is 15.0 Å². The first-order valence-electron chi connectivity index (χ1n) is 11.5. The highest BCUT2D eigenvalue weighted by Gasteiger charge is 2.15. The Kier molecular flexibility index (Phi) is 6.16. The van der Waals surface area contributed by atoms with Crippen molar-refractivity contribution in [3.05, 3.63) is 89.5 Å². The van der Waals surface area contributed by atoms with E-state index >= 15 is 0 Å². The monoisotopic (exact) mass is 475 g/mol. The Labute approximate surface area is 208 Å². The van der Waals surface area contributed by atoms with Crippen molar-refractivity contribution in [3.8, 4) is 17.2 Å². The third kappa shape index (κ3) is 4.65. The maximum Gasteiger partial charge on any atom is 0.222 e. The number of rotatable bonds is 7. The molecule has 178 valence electrons. The summed E-state index contributed by atoms with van der Waals surface area (Å²) in [6, 6.07) is 20.4. The summed E-state index contributed by atoms with van der Waals surface area (Å²) in [6.07, 6.45) is 3.78. The van der Waals surface area contributed by atoms with Crippen LogP contribution < -0.4 is 16.4 Å². The molecular weight excluding hydrogens is 450 g/mol. The Morgan fingerprint density at radius 1 is 1.00 bits per heavy atom. The molecule has 5 aromatic rings. The number of nitrogen functional groups attached to an aromatic ring is 1. The number of pyridine rings is 2. The van der Waals surface area contributed by atoms with E-state index in [1.807, 2.05) is 54.2 Å². The number of aryl methyl sites for hydroxylation is 2. The second kappa shape index (κ2) is 9.72. The Hall–Kier alpha value is -4.97. The Morgan fingerprint density at radius 2 is 1.83 bits per heavy atom. The van der Waals surface area contributed by atoms with Crippen LogP contribution >= 0.6 is 0 Å². The first-order chi connectivity index (χ1) is 17.5. The topological polar surface area (TPSA) is 130 Å². The van der Waals surface area contributed by atoms with Gasteiger partial charge < -0.3 is 20.9 Å². The van der Waals surface area contributed by atoms with Gasteiger partial charge in [-0.05, 0) is 42.3 Å². The number of benzene rings is 1. The van der Waals surface area contributed by atoms with Gasteiger partial charge in [-0.3, -0.25) is 0 Å². The van der Waals surface area contributed by atoms with Gasteiger partial charge in [-0.1, -0.05) is 30.3 Å². The van der Waals surface area contributed by atoms with E-state index in [4.69, 9.17) is 10.7 Å². The van der Waals surface area contributed by atoms with Crippen molar-refractivity contribution in [2.75, 3.05) is 16.4 Å². The summed E-state index contributed by atoms with van der Waals surface area (Å²) in [7, 11) is 2.00. The van der Waals surface area contributed by atoms with E-state index in [2.05, 4.69) is 49.9 Å². The van der Waals surface area contributed by atoms with Crippen LogP contribution in [0.15, 0.2) is 67.0 Å². The number of fused-ring (bicyclic) bond motifs is 1. The second-order valence-electron chi connectivity index (χ2n) is 8.44. The molecule has 1 aromatic carbocycles. The highest BCUT2D eigenvalue weighted by Crippen LogP contribution is 2.29. The first-order valence-corrected chi connectivity index (χ1v) is 11.5. The standard InChI is InChI=1S/C27H25N9/c1-17-21(14-28)26(35-27(29)33-17)32-16-23-20(13-24-22(34-23)9-11-36(24)2)19-8-10-30-25(12-19)31-15-18-6-4-3-5-7-18/h3-13H,15-16H2,1-2H3,(H,30,31)(H3,29,32,33,35). The molecule has 0 aliphatic carbocycles. The summed E-state index contributed by atoms with van der Waals surface area (Å²) in [5.74, 6) is 1.28. The van der Waals surface area contributed by atoms with Crippen LogP contribution in [-0.2, 0) is 20.1 Å². The van der Waals surface area contributed by atoms with Crippen molar-refractivity contribution in [3.63, 3.8) is 0 Å². The lowest BCUT2D eigenvalue weighted by Gasteiger charge is -2.14. The van der Waals surface area contributed by atoms with Gasteiger partial charge in [0.05, 0.1) is 29.0 Å². The molecule has 4 aromatic heterocycles. The number of nitriles is 1. The first kappa shape index (κ1) is 22.8. The average molecular weight is 476 g/mol. The number of nitrogens with two attached hydrogens (primary N) is 1. The van der Waals surface area contributed by atoms with Gasteiger partial charge in [0.25, 0.3) is 0 Å². The van der Waals surface area contributed by atoms with Crippen molar-refractivity contribution in [2.24, 2.45) is 7.05 Å². The van der Waals surface area contributed by atoms with E-state index in [0.29, 0.717) is 30.2 Å². The molecule has 0 aliphatic rings. The predicted octanol–water partition coefficient (Wildman–Crippen LogP) is 4.41. The molecule has 0 bridgehead atoms. The number of nitrogens with one attached hydrogen (secondary N) is 2. The highest BCUT2D eigenvalue weighted by atomic mass is 15.1. The molecule has 0 saturated carbocycles. The van der Waals surface area contributed by atoms with Crippen LogP contribution in [0.25, 0.3) is 22.2 Å². The quantitative estimate of drug-likeness (QED) is 0.315. The Morgan fingerprint density at radius 3 is 2.64 bits per heavy atom. The molecule has 4 heterocycles. The van der Waals surface area contributed by atoms with E-state index in [-0.39, 0.29) is 5.95 Å². The minimum atomic E-state index is 0.115.